The first-order valence-corrected chi connectivity index (χ1v) is 8.48. The standard InChI is InChI=1S/C21H16FN3O2/c22-17-9-5-16(6-10-17)14-27-18-11-7-15(8-12-18)13-25-21(26)19-3-1-2-4-20(19)23-24-25/h1-12H,13-14H2. The maximum atomic E-state index is 12.9. The Morgan fingerprint density at radius 1 is 0.889 bits per heavy atom. The van der Waals surface area contributed by atoms with Crippen molar-refractivity contribution in [3.8, 4) is 5.75 Å². The highest BCUT2D eigenvalue weighted by Gasteiger charge is 2.06. The van der Waals surface area contributed by atoms with Gasteiger partial charge in [-0.2, -0.15) is 0 Å². The zero-order chi connectivity index (χ0) is 18.6. The van der Waals surface area contributed by atoms with Crippen molar-refractivity contribution >= 4 is 10.9 Å². The number of rotatable bonds is 5. The third-order valence-electron chi connectivity index (χ3n) is 4.20. The van der Waals surface area contributed by atoms with E-state index in [1.807, 2.05) is 36.4 Å². The van der Waals surface area contributed by atoms with E-state index in [1.54, 1.807) is 24.3 Å². The van der Waals surface area contributed by atoms with Crippen molar-refractivity contribution in [1.29, 1.82) is 0 Å². The van der Waals surface area contributed by atoms with Crippen molar-refractivity contribution in [1.82, 2.24) is 15.0 Å². The van der Waals surface area contributed by atoms with Crippen LogP contribution in [0.1, 0.15) is 11.1 Å². The zero-order valence-corrected chi connectivity index (χ0v) is 14.4. The molecule has 1 heterocycles. The van der Waals surface area contributed by atoms with Gasteiger partial charge in [0.1, 0.15) is 23.7 Å². The van der Waals surface area contributed by atoms with Crippen LogP contribution < -0.4 is 10.3 Å². The highest BCUT2D eigenvalue weighted by molar-refractivity contribution is 5.76. The summed E-state index contributed by atoms with van der Waals surface area (Å²) in [4.78, 5) is 12.5. The Kier molecular flexibility index (Phi) is 4.61. The van der Waals surface area contributed by atoms with Crippen LogP contribution in [0.5, 0.6) is 5.75 Å². The average Bonchev–Trinajstić information content (AvgIpc) is 2.71. The van der Waals surface area contributed by atoms with Crippen LogP contribution in [0.15, 0.2) is 77.6 Å². The number of aromatic nitrogens is 3. The lowest BCUT2D eigenvalue weighted by atomic mass is 10.2. The van der Waals surface area contributed by atoms with Crippen molar-refractivity contribution in [2.45, 2.75) is 13.2 Å². The van der Waals surface area contributed by atoms with Gasteiger partial charge in [-0.3, -0.25) is 4.79 Å². The fourth-order valence-electron chi connectivity index (χ4n) is 2.74. The molecule has 134 valence electrons. The predicted molar refractivity (Wildman–Crippen MR) is 100 cm³/mol. The predicted octanol–water partition coefficient (Wildman–Crippen LogP) is 3.56. The quantitative estimate of drug-likeness (QED) is 0.545. The third-order valence-corrected chi connectivity index (χ3v) is 4.20. The van der Waals surface area contributed by atoms with Gasteiger partial charge in [-0.25, -0.2) is 9.07 Å². The maximum absolute atomic E-state index is 12.9. The summed E-state index contributed by atoms with van der Waals surface area (Å²) in [6, 6.07) is 20.8. The SMILES string of the molecule is O=c1c2ccccc2nnn1Cc1ccc(OCc2ccc(F)cc2)cc1. The van der Waals surface area contributed by atoms with Gasteiger partial charge in [0.05, 0.1) is 11.9 Å². The minimum Gasteiger partial charge on any atom is -0.489 e. The van der Waals surface area contributed by atoms with E-state index in [0.29, 0.717) is 29.8 Å². The van der Waals surface area contributed by atoms with E-state index < -0.39 is 0 Å². The summed E-state index contributed by atoms with van der Waals surface area (Å²) in [7, 11) is 0. The van der Waals surface area contributed by atoms with Crippen LogP contribution in [0.3, 0.4) is 0 Å². The molecule has 3 aromatic carbocycles. The minimum atomic E-state index is -0.268. The molecule has 6 heteroatoms. The van der Waals surface area contributed by atoms with Crippen LogP contribution in [-0.2, 0) is 13.2 Å². The summed E-state index contributed by atoms with van der Waals surface area (Å²) in [5, 5.41) is 8.63. The molecule has 0 fully saturated rings. The molecule has 0 N–H and O–H groups in total. The molecule has 0 spiro atoms. The van der Waals surface area contributed by atoms with Crippen molar-refractivity contribution in [2.75, 3.05) is 0 Å². The Morgan fingerprint density at radius 3 is 2.37 bits per heavy atom. The molecule has 0 aliphatic carbocycles. The van der Waals surface area contributed by atoms with Crippen LogP contribution in [-0.4, -0.2) is 15.0 Å². The number of fused-ring (bicyclic) bond motifs is 1. The second-order valence-corrected chi connectivity index (χ2v) is 6.13. The lowest BCUT2D eigenvalue weighted by molar-refractivity contribution is 0.306. The molecule has 0 atom stereocenters. The Balaban J connectivity index is 1.45. The Labute approximate surface area is 154 Å². The molecule has 0 radical (unpaired) electrons. The number of hydrogen-bond acceptors (Lipinski definition) is 4. The maximum Gasteiger partial charge on any atom is 0.277 e. The summed E-state index contributed by atoms with van der Waals surface area (Å²) in [6.07, 6.45) is 0. The molecule has 0 bridgehead atoms. The average molecular weight is 361 g/mol. The topological polar surface area (TPSA) is 57.0 Å². The van der Waals surface area contributed by atoms with Crippen LogP contribution in [0.2, 0.25) is 0 Å². The Hall–Kier alpha value is -3.54. The highest BCUT2D eigenvalue weighted by atomic mass is 19.1. The number of halogens is 1. The number of nitrogens with zero attached hydrogens (tertiary/aromatic N) is 3. The van der Waals surface area contributed by atoms with Crippen molar-refractivity contribution in [2.24, 2.45) is 0 Å². The van der Waals surface area contributed by atoms with E-state index in [1.165, 1.54) is 16.8 Å². The van der Waals surface area contributed by atoms with E-state index in [0.717, 1.165) is 11.1 Å². The van der Waals surface area contributed by atoms with Crippen LogP contribution in [0.4, 0.5) is 4.39 Å². The summed E-state index contributed by atoms with van der Waals surface area (Å²) in [6.45, 7) is 0.685. The smallest absolute Gasteiger partial charge is 0.277 e. The van der Waals surface area contributed by atoms with Gasteiger partial charge in [0.15, 0.2) is 0 Å². The molecule has 5 nitrogen and oxygen atoms in total. The molecule has 27 heavy (non-hydrogen) atoms. The first kappa shape index (κ1) is 16.9. The molecular formula is C21H16FN3O2. The van der Waals surface area contributed by atoms with E-state index >= 15 is 0 Å². The molecule has 0 amide bonds. The lowest BCUT2D eigenvalue weighted by Gasteiger charge is -2.08. The summed E-state index contributed by atoms with van der Waals surface area (Å²) in [5.41, 5.74) is 2.22. The number of ether oxygens (including phenoxy) is 1. The first-order valence-electron chi connectivity index (χ1n) is 8.48. The largest absolute Gasteiger partial charge is 0.489 e. The summed E-state index contributed by atoms with van der Waals surface area (Å²) < 4.78 is 20.0. The molecule has 0 saturated carbocycles. The van der Waals surface area contributed by atoms with Gasteiger partial charge >= 0.3 is 0 Å². The molecule has 0 aliphatic rings. The van der Waals surface area contributed by atoms with Crippen molar-refractivity contribution < 1.29 is 9.13 Å². The minimum absolute atomic E-state index is 0.169. The summed E-state index contributed by atoms with van der Waals surface area (Å²) >= 11 is 0. The van der Waals surface area contributed by atoms with E-state index in [2.05, 4.69) is 10.3 Å². The molecule has 0 unspecified atom stereocenters. The molecule has 4 aromatic rings. The molecule has 4 rings (SSSR count). The van der Waals surface area contributed by atoms with E-state index in [4.69, 9.17) is 4.74 Å². The van der Waals surface area contributed by atoms with Gasteiger partial charge in [-0.1, -0.05) is 41.6 Å². The number of hydrogen-bond donors (Lipinski definition) is 0. The fourth-order valence-corrected chi connectivity index (χ4v) is 2.74. The van der Waals surface area contributed by atoms with E-state index in [-0.39, 0.29) is 11.4 Å². The molecule has 0 saturated heterocycles. The van der Waals surface area contributed by atoms with Crippen molar-refractivity contribution in [3.63, 3.8) is 0 Å². The van der Waals surface area contributed by atoms with Crippen LogP contribution in [0.25, 0.3) is 10.9 Å². The Bertz CT molecular complexity index is 1120. The zero-order valence-electron chi connectivity index (χ0n) is 14.4. The third kappa shape index (κ3) is 3.84. The monoisotopic (exact) mass is 361 g/mol. The normalized spacial score (nSPS) is 10.9. The second kappa shape index (κ2) is 7.37. The fraction of sp³-hybridized carbons (Fsp3) is 0.0952. The lowest BCUT2D eigenvalue weighted by Crippen LogP contribution is -2.24. The molecular weight excluding hydrogens is 345 g/mol. The van der Waals surface area contributed by atoms with Crippen LogP contribution >= 0.6 is 0 Å². The Morgan fingerprint density at radius 2 is 1.59 bits per heavy atom. The summed E-state index contributed by atoms with van der Waals surface area (Å²) in [5.74, 6) is 0.426. The number of benzene rings is 3. The second-order valence-electron chi connectivity index (χ2n) is 6.13. The van der Waals surface area contributed by atoms with Gasteiger partial charge in [-0.05, 0) is 47.5 Å². The van der Waals surface area contributed by atoms with Gasteiger partial charge in [0.2, 0.25) is 0 Å². The highest BCUT2D eigenvalue weighted by Crippen LogP contribution is 2.15. The molecule has 1 aromatic heterocycles. The van der Waals surface area contributed by atoms with Crippen LogP contribution in [0, 0.1) is 5.82 Å². The van der Waals surface area contributed by atoms with E-state index in [9.17, 15) is 9.18 Å². The van der Waals surface area contributed by atoms with Gasteiger partial charge in [0, 0.05) is 0 Å². The molecule has 0 aliphatic heterocycles. The van der Waals surface area contributed by atoms with Gasteiger partial charge in [0.25, 0.3) is 5.56 Å². The van der Waals surface area contributed by atoms with Gasteiger partial charge < -0.3 is 4.74 Å². The first-order chi connectivity index (χ1) is 13.2. The van der Waals surface area contributed by atoms with Gasteiger partial charge in [-0.15, -0.1) is 5.10 Å². The van der Waals surface area contributed by atoms with Crippen molar-refractivity contribution in [3.05, 3.63) is 100 Å².